The number of para-hydroxylation sites is 1. The van der Waals surface area contributed by atoms with E-state index in [1.165, 1.54) is 0 Å². The first-order valence-corrected chi connectivity index (χ1v) is 7.70. The zero-order valence-electron chi connectivity index (χ0n) is 11.6. The molecule has 1 rings (SSSR count). The minimum Gasteiger partial charge on any atom is -0.395 e. The lowest BCUT2D eigenvalue weighted by molar-refractivity contribution is 0.0937. The van der Waals surface area contributed by atoms with E-state index in [2.05, 4.69) is 10.6 Å². The van der Waals surface area contributed by atoms with Crippen LogP contribution >= 0.6 is 11.8 Å². The Morgan fingerprint density at radius 1 is 1.42 bits per heavy atom. The second-order valence-electron chi connectivity index (χ2n) is 4.29. The molecule has 0 spiro atoms. The molecule has 0 aliphatic carbocycles. The predicted molar refractivity (Wildman–Crippen MR) is 81.9 cm³/mol. The average molecular weight is 282 g/mol. The van der Waals surface area contributed by atoms with Crippen molar-refractivity contribution in [2.75, 3.05) is 24.7 Å². The van der Waals surface area contributed by atoms with Gasteiger partial charge in [0.2, 0.25) is 0 Å². The molecule has 5 heteroatoms. The summed E-state index contributed by atoms with van der Waals surface area (Å²) >= 11 is 1.55. The first kappa shape index (κ1) is 15.9. The zero-order chi connectivity index (χ0) is 14.3. The molecule has 106 valence electrons. The molecule has 0 aliphatic heterocycles. The zero-order valence-corrected chi connectivity index (χ0v) is 12.5. The van der Waals surface area contributed by atoms with Gasteiger partial charge in [0.25, 0.3) is 5.91 Å². The van der Waals surface area contributed by atoms with Gasteiger partial charge >= 0.3 is 0 Å². The van der Waals surface area contributed by atoms with Gasteiger partial charge in [-0.25, -0.2) is 0 Å². The second-order valence-corrected chi connectivity index (χ2v) is 5.37. The van der Waals surface area contributed by atoms with Crippen LogP contribution in [0.5, 0.6) is 0 Å². The highest BCUT2D eigenvalue weighted by Crippen LogP contribution is 2.16. The molecule has 0 bridgehead atoms. The molecule has 0 radical (unpaired) electrons. The molecule has 2 atom stereocenters. The van der Waals surface area contributed by atoms with Crippen LogP contribution in [0.15, 0.2) is 24.3 Å². The Kier molecular flexibility index (Phi) is 6.73. The van der Waals surface area contributed by atoms with Gasteiger partial charge in [-0.15, -0.1) is 0 Å². The first-order chi connectivity index (χ1) is 9.13. The summed E-state index contributed by atoms with van der Waals surface area (Å²) in [5.41, 5.74) is 1.47. The summed E-state index contributed by atoms with van der Waals surface area (Å²) in [5.74, 6) is -0.114. The SMILES string of the molecule is CCNc1ccccc1C(=O)NC(C)C(CO)SC. The van der Waals surface area contributed by atoms with Crippen molar-refractivity contribution in [3.63, 3.8) is 0 Å². The van der Waals surface area contributed by atoms with Crippen LogP contribution < -0.4 is 10.6 Å². The lowest BCUT2D eigenvalue weighted by Crippen LogP contribution is -2.41. The summed E-state index contributed by atoms with van der Waals surface area (Å²) in [5, 5.41) is 15.4. The van der Waals surface area contributed by atoms with Crippen molar-refractivity contribution in [1.29, 1.82) is 0 Å². The lowest BCUT2D eigenvalue weighted by Gasteiger charge is -2.22. The highest BCUT2D eigenvalue weighted by Gasteiger charge is 2.19. The van der Waals surface area contributed by atoms with Crippen LogP contribution in [0.3, 0.4) is 0 Å². The van der Waals surface area contributed by atoms with Gasteiger partial charge in [0.1, 0.15) is 0 Å². The molecule has 0 saturated carbocycles. The number of benzene rings is 1. The van der Waals surface area contributed by atoms with Crippen molar-refractivity contribution in [2.24, 2.45) is 0 Å². The molecule has 1 aromatic rings. The Morgan fingerprint density at radius 2 is 2.11 bits per heavy atom. The van der Waals surface area contributed by atoms with Crippen LogP contribution in [0.2, 0.25) is 0 Å². The van der Waals surface area contributed by atoms with E-state index >= 15 is 0 Å². The molecule has 0 heterocycles. The van der Waals surface area contributed by atoms with E-state index in [0.29, 0.717) is 5.56 Å². The maximum absolute atomic E-state index is 12.2. The molecular formula is C14H22N2O2S. The van der Waals surface area contributed by atoms with Crippen LogP contribution in [-0.4, -0.2) is 41.7 Å². The largest absolute Gasteiger partial charge is 0.395 e. The molecule has 1 aromatic carbocycles. The molecule has 2 unspecified atom stereocenters. The summed E-state index contributed by atoms with van der Waals surface area (Å²) in [4.78, 5) is 12.2. The van der Waals surface area contributed by atoms with Crippen molar-refractivity contribution in [1.82, 2.24) is 5.32 Å². The quantitative estimate of drug-likeness (QED) is 0.715. The fourth-order valence-corrected chi connectivity index (χ4v) is 2.47. The number of carbonyl (C=O) groups excluding carboxylic acids is 1. The van der Waals surface area contributed by atoms with Gasteiger partial charge in [0, 0.05) is 23.5 Å². The Morgan fingerprint density at radius 3 is 2.68 bits per heavy atom. The van der Waals surface area contributed by atoms with Crippen LogP contribution in [0.4, 0.5) is 5.69 Å². The van der Waals surface area contributed by atoms with Gasteiger partial charge in [0.15, 0.2) is 0 Å². The molecule has 0 aromatic heterocycles. The minimum atomic E-state index is -0.114. The lowest BCUT2D eigenvalue weighted by atomic mass is 10.1. The number of aliphatic hydroxyl groups excluding tert-OH is 1. The Bertz CT molecular complexity index is 408. The van der Waals surface area contributed by atoms with E-state index in [-0.39, 0.29) is 23.8 Å². The van der Waals surface area contributed by atoms with E-state index in [9.17, 15) is 9.90 Å². The molecule has 3 N–H and O–H groups in total. The van der Waals surface area contributed by atoms with E-state index < -0.39 is 0 Å². The number of hydrogen-bond acceptors (Lipinski definition) is 4. The number of carbonyl (C=O) groups is 1. The van der Waals surface area contributed by atoms with Gasteiger partial charge < -0.3 is 15.7 Å². The molecule has 1 amide bonds. The van der Waals surface area contributed by atoms with E-state index in [0.717, 1.165) is 12.2 Å². The van der Waals surface area contributed by atoms with Crippen LogP contribution in [-0.2, 0) is 0 Å². The Hall–Kier alpha value is -1.20. The molecule has 0 saturated heterocycles. The van der Waals surface area contributed by atoms with Crippen molar-refractivity contribution >= 4 is 23.4 Å². The highest BCUT2D eigenvalue weighted by molar-refractivity contribution is 7.99. The van der Waals surface area contributed by atoms with E-state index in [1.807, 2.05) is 38.3 Å². The third kappa shape index (κ3) is 4.44. The number of rotatable bonds is 7. The van der Waals surface area contributed by atoms with Crippen molar-refractivity contribution in [2.45, 2.75) is 25.1 Å². The normalized spacial score (nSPS) is 13.7. The topological polar surface area (TPSA) is 61.4 Å². The van der Waals surface area contributed by atoms with Gasteiger partial charge in [-0.1, -0.05) is 12.1 Å². The van der Waals surface area contributed by atoms with Crippen LogP contribution in [0.25, 0.3) is 0 Å². The minimum absolute atomic E-state index is 0.00949. The van der Waals surface area contributed by atoms with Crippen molar-refractivity contribution in [3.8, 4) is 0 Å². The van der Waals surface area contributed by atoms with Gasteiger partial charge in [-0.05, 0) is 32.2 Å². The Balaban J connectivity index is 2.77. The maximum atomic E-state index is 12.2. The van der Waals surface area contributed by atoms with Crippen molar-refractivity contribution < 1.29 is 9.90 Å². The van der Waals surface area contributed by atoms with Gasteiger partial charge in [0.05, 0.1) is 12.2 Å². The third-order valence-electron chi connectivity index (χ3n) is 2.94. The number of nitrogens with one attached hydrogen (secondary N) is 2. The summed E-state index contributed by atoms with van der Waals surface area (Å²) in [6, 6.07) is 7.35. The fraction of sp³-hybridized carbons (Fsp3) is 0.500. The first-order valence-electron chi connectivity index (χ1n) is 6.41. The highest BCUT2D eigenvalue weighted by atomic mass is 32.2. The number of hydrogen-bond donors (Lipinski definition) is 3. The molecule has 4 nitrogen and oxygen atoms in total. The third-order valence-corrected chi connectivity index (χ3v) is 4.10. The van der Waals surface area contributed by atoms with Gasteiger partial charge in [-0.2, -0.15) is 11.8 Å². The summed E-state index contributed by atoms with van der Waals surface area (Å²) < 4.78 is 0. The fourth-order valence-electron chi connectivity index (χ4n) is 1.84. The maximum Gasteiger partial charge on any atom is 0.253 e. The molecule has 19 heavy (non-hydrogen) atoms. The summed E-state index contributed by atoms with van der Waals surface area (Å²) in [6.07, 6.45) is 1.93. The number of amides is 1. The standard InChI is InChI=1S/C14H22N2O2S/c1-4-15-12-8-6-5-7-11(12)14(18)16-10(2)13(9-17)19-3/h5-8,10,13,15,17H,4,9H2,1-3H3,(H,16,18). The monoisotopic (exact) mass is 282 g/mol. The smallest absolute Gasteiger partial charge is 0.253 e. The van der Waals surface area contributed by atoms with E-state index in [1.54, 1.807) is 17.8 Å². The van der Waals surface area contributed by atoms with Gasteiger partial charge in [-0.3, -0.25) is 4.79 Å². The van der Waals surface area contributed by atoms with Crippen LogP contribution in [0, 0.1) is 0 Å². The molecule has 0 fully saturated rings. The number of aliphatic hydroxyl groups is 1. The summed E-state index contributed by atoms with van der Waals surface area (Å²) in [6.45, 7) is 4.72. The van der Waals surface area contributed by atoms with E-state index in [4.69, 9.17) is 0 Å². The summed E-state index contributed by atoms with van der Waals surface area (Å²) in [7, 11) is 0. The molecule has 0 aliphatic rings. The second kappa shape index (κ2) is 8.07. The average Bonchev–Trinajstić information content (AvgIpc) is 2.41. The Labute approximate surface area is 119 Å². The van der Waals surface area contributed by atoms with Crippen LogP contribution in [0.1, 0.15) is 24.2 Å². The number of anilines is 1. The predicted octanol–water partition coefficient (Wildman–Crippen LogP) is 1.96. The molecular weight excluding hydrogens is 260 g/mol. The van der Waals surface area contributed by atoms with Crippen molar-refractivity contribution in [3.05, 3.63) is 29.8 Å². The number of thioether (sulfide) groups is 1.